The maximum atomic E-state index is 12.5. The molecule has 0 bridgehead atoms. The van der Waals surface area contributed by atoms with Gasteiger partial charge in [-0.1, -0.05) is 18.2 Å². The van der Waals surface area contributed by atoms with Gasteiger partial charge in [0, 0.05) is 25.5 Å². The quantitative estimate of drug-likeness (QED) is 0.541. The topological polar surface area (TPSA) is 85.8 Å². The number of nitrogens with zero attached hydrogens (tertiary/aromatic N) is 5. The number of benzene rings is 1. The molecule has 0 atom stereocenters. The predicted octanol–water partition coefficient (Wildman–Crippen LogP) is 2.76. The minimum atomic E-state index is -0.310. The molecule has 0 radical (unpaired) electrons. The molecule has 2 heterocycles. The van der Waals surface area contributed by atoms with Crippen molar-refractivity contribution >= 4 is 23.5 Å². The van der Waals surface area contributed by atoms with E-state index in [2.05, 4.69) is 21.6 Å². The van der Waals surface area contributed by atoms with Crippen molar-refractivity contribution in [2.75, 3.05) is 18.5 Å². The van der Waals surface area contributed by atoms with Crippen LogP contribution in [-0.2, 0) is 0 Å². The van der Waals surface area contributed by atoms with Crippen LogP contribution >= 0.6 is 0 Å². The number of anilines is 1. The Balaban J connectivity index is 1.66. The van der Waals surface area contributed by atoms with E-state index in [0.717, 1.165) is 16.9 Å². The zero-order chi connectivity index (χ0) is 19.2. The molecule has 7 nitrogen and oxygen atoms in total. The highest BCUT2D eigenvalue weighted by Gasteiger charge is 2.15. The van der Waals surface area contributed by atoms with E-state index in [9.17, 15) is 4.79 Å². The second-order valence-electron chi connectivity index (χ2n) is 6.09. The number of rotatable bonds is 6. The van der Waals surface area contributed by atoms with Crippen molar-refractivity contribution in [3.63, 3.8) is 0 Å². The van der Waals surface area contributed by atoms with Gasteiger partial charge in [-0.25, -0.2) is 10.4 Å². The Morgan fingerprint density at radius 1 is 1.33 bits per heavy atom. The number of nitriles is 1. The highest BCUT2D eigenvalue weighted by atomic mass is 16.2. The minimum absolute atomic E-state index is 0.310. The largest absolute Gasteiger partial charge is 0.374 e. The normalized spacial score (nSPS) is 10.9. The second kappa shape index (κ2) is 8.15. The average Bonchev–Trinajstić information content (AvgIpc) is 3.02. The van der Waals surface area contributed by atoms with E-state index in [1.165, 1.54) is 0 Å². The number of hydrazone groups is 1. The summed E-state index contributed by atoms with van der Waals surface area (Å²) in [5.41, 5.74) is 6.28. The highest BCUT2D eigenvalue weighted by Crippen LogP contribution is 2.13. The molecule has 1 amide bonds. The van der Waals surface area contributed by atoms with Crippen molar-refractivity contribution in [3.8, 4) is 6.07 Å². The smallest absolute Gasteiger partial charge is 0.290 e. The summed E-state index contributed by atoms with van der Waals surface area (Å²) >= 11 is 0. The first-order chi connectivity index (χ1) is 13.1. The van der Waals surface area contributed by atoms with E-state index in [1.807, 2.05) is 54.4 Å². The second-order valence-corrected chi connectivity index (χ2v) is 6.09. The summed E-state index contributed by atoms with van der Waals surface area (Å²) in [6.07, 6.45) is 3.87. The first-order valence-corrected chi connectivity index (χ1v) is 8.55. The van der Waals surface area contributed by atoms with Crippen LogP contribution in [0, 0.1) is 18.3 Å². The van der Waals surface area contributed by atoms with E-state index in [4.69, 9.17) is 5.26 Å². The van der Waals surface area contributed by atoms with Crippen LogP contribution in [0.25, 0.3) is 5.65 Å². The Hall–Kier alpha value is -3.66. The Labute approximate surface area is 157 Å². The first-order valence-electron chi connectivity index (χ1n) is 8.55. The molecule has 0 saturated heterocycles. The Morgan fingerprint density at radius 3 is 2.85 bits per heavy atom. The highest BCUT2D eigenvalue weighted by molar-refractivity contribution is 5.95. The van der Waals surface area contributed by atoms with Gasteiger partial charge in [0.25, 0.3) is 5.91 Å². The van der Waals surface area contributed by atoms with Gasteiger partial charge in [-0.3, -0.25) is 9.20 Å². The van der Waals surface area contributed by atoms with Crippen molar-refractivity contribution in [3.05, 3.63) is 65.6 Å². The Bertz CT molecular complexity index is 1010. The standard InChI is InChI=1S/C20H20N6O/c1-15-19(26-13-4-3-6-18(26)23-15)20(27)24-22-14-16-7-9-17(10-8-16)25(2)12-5-11-21/h3-4,6-10,13-14H,5,12H2,1-2H3,(H,24,27)/b22-14-. The Morgan fingerprint density at radius 2 is 2.11 bits per heavy atom. The van der Waals surface area contributed by atoms with Gasteiger partial charge in [0.15, 0.2) is 0 Å². The Kier molecular flexibility index (Phi) is 5.47. The van der Waals surface area contributed by atoms with E-state index in [-0.39, 0.29) is 5.91 Å². The maximum absolute atomic E-state index is 12.5. The average molecular weight is 360 g/mol. The lowest BCUT2D eigenvalue weighted by molar-refractivity contribution is 0.0948. The molecular formula is C20H20N6O. The number of pyridine rings is 1. The van der Waals surface area contributed by atoms with Gasteiger partial charge < -0.3 is 4.90 Å². The van der Waals surface area contributed by atoms with Crippen molar-refractivity contribution in [1.82, 2.24) is 14.8 Å². The van der Waals surface area contributed by atoms with Crippen LogP contribution < -0.4 is 10.3 Å². The summed E-state index contributed by atoms with van der Waals surface area (Å²) < 4.78 is 1.74. The minimum Gasteiger partial charge on any atom is -0.374 e. The van der Waals surface area contributed by atoms with Gasteiger partial charge in [-0.05, 0) is 36.8 Å². The van der Waals surface area contributed by atoms with Gasteiger partial charge in [0.1, 0.15) is 11.3 Å². The number of hydrogen-bond acceptors (Lipinski definition) is 5. The van der Waals surface area contributed by atoms with Crippen LogP contribution in [0.1, 0.15) is 28.2 Å². The summed E-state index contributed by atoms with van der Waals surface area (Å²) in [7, 11) is 1.94. The number of carbonyl (C=O) groups excluding carboxylic acids is 1. The summed E-state index contributed by atoms with van der Waals surface area (Å²) in [5, 5.41) is 12.7. The van der Waals surface area contributed by atoms with Crippen LogP contribution in [0.4, 0.5) is 5.69 Å². The zero-order valence-corrected chi connectivity index (χ0v) is 15.3. The van der Waals surface area contributed by atoms with Gasteiger partial charge in [0.05, 0.1) is 24.4 Å². The van der Waals surface area contributed by atoms with E-state index >= 15 is 0 Å². The molecule has 0 aliphatic carbocycles. The maximum Gasteiger partial charge on any atom is 0.290 e. The molecule has 0 aliphatic rings. The fraction of sp³-hybridized carbons (Fsp3) is 0.200. The molecule has 0 unspecified atom stereocenters. The van der Waals surface area contributed by atoms with Crippen molar-refractivity contribution in [1.29, 1.82) is 5.26 Å². The van der Waals surface area contributed by atoms with Crippen molar-refractivity contribution in [2.45, 2.75) is 13.3 Å². The zero-order valence-electron chi connectivity index (χ0n) is 15.3. The molecule has 27 heavy (non-hydrogen) atoms. The van der Waals surface area contributed by atoms with Gasteiger partial charge in [-0.2, -0.15) is 10.4 Å². The number of fused-ring (bicyclic) bond motifs is 1. The van der Waals surface area contributed by atoms with Crippen molar-refractivity contribution < 1.29 is 4.79 Å². The number of nitrogens with one attached hydrogen (secondary N) is 1. The molecule has 1 aromatic carbocycles. The summed E-state index contributed by atoms with van der Waals surface area (Å²) in [5.74, 6) is -0.310. The summed E-state index contributed by atoms with van der Waals surface area (Å²) in [4.78, 5) is 18.8. The van der Waals surface area contributed by atoms with Crippen LogP contribution in [0.15, 0.2) is 53.8 Å². The van der Waals surface area contributed by atoms with Gasteiger partial charge in [-0.15, -0.1) is 0 Å². The SMILES string of the molecule is Cc1nc2ccccn2c1C(=O)N/N=C\c1ccc(N(C)CCC#N)cc1. The number of aromatic nitrogens is 2. The van der Waals surface area contributed by atoms with E-state index in [0.29, 0.717) is 24.4 Å². The molecule has 0 saturated carbocycles. The molecule has 3 aromatic rings. The lowest BCUT2D eigenvalue weighted by atomic mass is 10.2. The third-order valence-corrected chi connectivity index (χ3v) is 4.19. The number of imidazole rings is 1. The molecule has 0 spiro atoms. The van der Waals surface area contributed by atoms with Gasteiger partial charge in [0.2, 0.25) is 0 Å². The van der Waals surface area contributed by atoms with Crippen LogP contribution in [0.3, 0.4) is 0 Å². The first kappa shape index (κ1) is 18.1. The van der Waals surface area contributed by atoms with Crippen LogP contribution in [0.5, 0.6) is 0 Å². The lowest BCUT2D eigenvalue weighted by Crippen LogP contribution is -2.20. The van der Waals surface area contributed by atoms with E-state index < -0.39 is 0 Å². The molecule has 0 fully saturated rings. The molecule has 7 heteroatoms. The van der Waals surface area contributed by atoms with Crippen LogP contribution in [0.2, 0.25) is 0 Å². The number of aryl methyl sites for hydroxylation is 1. The molecule has 3 rings (SSSR count). The summed E-state index contributed by atoms with van der Waals surface area (Å²) in [6, 6.07) is 15.4. The van der Waals surface area contributed by atoms with Crippen LogP contribution in [-0.4, -0.2) is 35.1 Å². The fourth-order valence-corrected chi connectivity index (χ4v) is 2.77. The third-order valence-electron chi connectivity index (χ3n) is 4.19. The molecule has 1 N–H and O–H groups in total. The van der Waals surface area contributed by atoms with Gasteiger partial charge >= 0.3 is 0 Å². The third kappa shape index (κ3) is 4.12. The number of hydrogen-bond donors (Lipinski definition) is 1. The fourth-order valence-electron chi connectivity index (χ4n) is 2.77. The van der Waals surface area contributed by atoms with Crippen molar-refractivity contribution in [2.24, 2.45) is 5.10 Å². The van der Waals surface area contributed by atoms with E-state index in [1.54, 1.807) is 23.7 Å². The monoisotopic (exact) mass is 360 g/mol. The molecule has 136 valence electrons. The molecule has 2 aromatic heterocycles. The number of amides is 1. The number of carbonyl (C=O) groups is 1. The summed E-state index contributed by atoms with van der Waals surface area (Å²) in [6.45, 7) is 2.48. The predicted molar refractivity (Wildman–Crippen MR) is 105 cm³/mol. The molecule has 0 aliphatic heterocycles. The lowest BCUT2D eigenvalue weighted by Gasteiger charge is -2.17. The molecular weight excluding hydrogens is 340 g/mol.